The van der Waals surface area contributed by atoms with Crippen LogP contribution in [0, 0.1) is 6.92 Å². The summed E-state index contributed by atoms with van der Waals surface area (Å²) in [7, 11) is 3.15. The number of primary amides is 1. The van der Waals surface area contributed by atoms with E-state index in [1.54, 1.807) is 14.0 Å². The maximum Gasteiger partial charge on any atom is 0.323 e. The molecule has 1 aromatic heterocycles. The van der Waals surface area contributed by atoms with Gasteiger partial charge in [-0.25, -0.2) is 0 Å². The second-order valence-electron chi connectivity index (χ2n) is 4.08. The molecule has 0 aliphatic heterocycles. The van der Waals surface area contributed by atoms with Gasteiger partial charge in [-0.15, -0.1) is 0 Å². The lowest BCUT2D eigenvalue weighted by atomic mass is 10.2. The summed E-state index contributed by atoms with van der Waals surface area (Å²) in [6, 6.07) is 0. The third-order valence-corrected chi connectivity index (χ3v) is 2.63. The average molecular weight is 270 g/mol. The zero-order valence-electron chi connectivity index (χ0n) is 11.2. The van der Waals surface area contributed by atoms with Gasteiger partial charge in [0.2, 0.25) is 0 Å². The van der Waals surface area contributed by atoms with Crippen molar-refractivity contribution in [3.8, 4) is 0 Å². The first-order valence-electron chi connectivity index (χ1n) is 5.67. The summed E-state index contributed by atoms with van der Waals surface area (Å²) in [4.78, 5) is 23.9. The fourth-order valence-corrected chi connectivity index (χ4v) is 1.92. The zero-order chi connectivity index (χ0) is 14.6. The third kappa shape index (κ3) is 3.44. The number of carboxylic acids is 1. The molecular weight excluding hydrogens is 252 g/mol. The van der Waals surface area contributed by atoms with Gasteiger partial charge >= 0.3 is 5.97 Å². The number of carbonyl (C=O) groups is 2. The minimum Gasteiger partial charge on any atom is -0.480 e. The maximum absolute atomic E-state index is 11.5. The van der Waals surface area contributed by atoms with Crippen LogP contribution < -0.4 is 10.6 Å². The van der Waals surface area contributed by atoms with Crippen molar-refractivity contribution < 1.29 is 19.4 Å². The van der Waals surface area contributed by atoms with Crippen molar-refractivity contribution in [3.05, 3.63) is 11.3 Å². The molecule has 19 heavy (non-hydrogen) atoms. The lowest BCUT2D eigenvalue weighted by molar-refractivity contribution is -0.135. The third-order valence-electron chi connectivity index (χ3n) is 2.63. The van der Waals surface area contributed by atoms with Gasteiger partial charge in [-0.3, -0.25) is 14.3 Å². The van der Waals surface area contributed by atoms with Crippen molar-refractivity contribution in [1.82, 2.24) is 9.78 Å². The number of carboxylic acid groups (broad SMARTS) is 1. The minimum absolute atomic E-state index is 0.236. The molecule has 8 heteroatoms. The van der Waals surface area contributed by atoms with E-state index in [4.69, 9.17) is 15.6 Å². The normalized spacial score (nSPS) is 10.5. The van der Waals surface area contributed by atoms with E-state index in [9.17, 15) is 9.59 Å². The molecule has 1 amide bonds. The van der Waals surface area contributed by atoms with Crippen LogP contribution in [-0.2, 0) is 16.6 Å². The Kier molecular flexibility index (Phi) is 4.87. The number of methoxy groups -OCH3 is 1. The molecule has 0 aromatic carbocycles. The van der Waals surface area contributed by atoms with Gasteiger partial charge in [0.15, 0.2) is 0 Å². The quantitative estimate of drug-likeness (QED) is 0.682. The van der Waals surface area contributed by atoms with Crippen LogP contribution in [0.4, 0.5) is 5.82 Å². The summed E-state index contributed by atoms with van der Waals surface area (Å²) in [5, 5.41) is 13.1. The zero-order valence-corrected chi connectivity index (χ0v) is 11.2. The van der Waals surface area contributed by atoms with Crippen molar-refractivity contribution in [1.29, 1.82) is 0 Å². The number of carbonyl (C=O) groups excluding carboxylic acids is 1. The van der Waals surface area contributed by atoms with Crippen LogP contribution in [0.25, 0.3) is 0 Å². The summed E-state index contributed by atoms with van der Waals surface area (Å²) >= 11 is 0. The van der Waals surface area contributed by atoms with Gasteiger partial charge in [-0.2, -0.15) is 5.10 Å². The molecule has 1 aromatic rings. The van der Waals surface area contributed by atoms with Crippen molar-refractivity contribution in [2.24, 2.45) is 12.8 Å². The van der Waals surface area contributed by atoms with Gasteiger partial charge in [-0.05, 0) is 6.92 Å². The van der Waals surface area contributed by atoms with Crippen molar-refractivity contribution >= 4 is 17.7 Å². The minimum atomic E-state index is -1.01. The molecule has 3 N–H and O–H groups in total. The van der Waals surface area contributed by atoms with Gasteiger partial charge < -0.3 is 20.5 Å². The van der Waals surface area contributed by atoms with E-state index in [0.717, 1.165) is 0 Å². The molecule has 1 rings (SSSR count). The Morgan fingerprint density at radius 2 is 2.16 bits per heavy atom. The second kappa shape index (κ2) is 6.19. The van der Waals surface area contributed by atoms with Gasteiger partial charge in [0.1, 0.15) is 17.9 Å². The smallest absolute Gasteiger partial charge is 0.323 e. The first-order valence-corrected chi connectivity index (χ1v) is 5.67. The van der Waals surface area contributed by atoms with E-state index in [2.05, 4.69) is 5.10 Å². The fourth-order valence-electron chi connectivity index (χ4n) is 1.92. The van der Waals surface area contributed by atoms with Crippen LogP contribution in [-0.4, -0.2) is 53.6 Å². The Hall–Kier alpha value is -2.09. The molecule has 1 heterocycles. The molecule has 106 valence electrons. The molecule has 0 fully saturated rings. The predicted molar refractivity (Wildman–Crippen MR) is 68.2 cm³/mol. The highest BCUT2D eigenvalue weighted by Crippen LogP contribution is 2.22. The molecule has 0 aliphatic rings. The highest BCUT2D eigenvalue weighted by atomic mass is 16.5. The number of anilines is 1. The molecule has 0 aliphatic carbocycles. The van der Waals surface area contributed by atoms with Crippen LogP contribution in [0.3, 0.4) is 0 Å². The number of nitrogens with two attached hydrogens (primary N) is 1. The van der Waals surface area contributed by atoms with E-state index < -0.39 is 11.9 Å². The first-order chi connectivity index (χ1) is 8.88. The average Bonchev–Trinajstić information content (AvgIpc) is 2.59. The van der Waals surface area contributed by atoms with Crippen molar-refractivity contribution in [2.45, 2.75) is 6.92 Å². The molecule has 0 atom stereocenters. The van der Waals surface area contributed by atoms with Gasteiger partial charge in [-0.1, -0.05) is 0 Å². The molecular formula is C11H18N4O4. The van der Waals surface area contributed by atoms with Crippen molar-refractivity contribution in [2.75, 3.05) is 31.7 Å². The maximum atomic E-state index is 11.5. The Bertz CT molecular complexity index is 483. The number of amides is 1. The molecule has 0 radical (unpaired) electrons. The molecule has 8 nitrogen and oxygen atoms in total. The largest absolute Gasteiger partial charge is 0.480 e. The molecule has 0 saturated heterocycles. The number of rotatable bonds is 7. The summed E-state index contributed by atoms with van der Waals surface area (Å²) in [5.74, 6) is -1.25. The highest BCUT2D eigenvalue weighted by Gasteiger charge is 2.24. The van der Waals surface area contributed by atoms with Gasteiger partial charge in [0.25, 0.3) is 5.91 Å². The Labute approximate surface area is 110 Å². The summed E-state index contributed by atoms with van der Waals surface area (Å²) in [6.45, 7) is 2.04. The van der Waals surface area contributed by atoms with Gasteiger partial charge in [0.05, 0.1) is 12.3 Å². The van der Waals surface area contributed by atoms with Gasteiger partial charge in [0, 0.05) is 20.7 Å². The van der Waals surface area contributed by atoms with Crippen molar-refractivity contribution in [3.63, 3.8) is 0 Å². The van der Waals surface area contributed by atoms with Crippen LogP contribution in [0.1, 0.15) is 16.1 Å². The SMILES string of the molecule is COCCN(CC(=O)O)c1c(C(N)=O)c(C)nn1C. The lowest BCUT2D eigenvalue weighted by Gasteiger charge is -2.23. The fraction of sp³-hybridized carbons (Fsp3) is 0.545. The summed E-state index contributed by atoms with van der Waals surface area (Å²) in [6.07, 6.45) is 0. The number of hydrogen-bond donors (Lipinski definition) is 2. The lowest BCUT2D eigenvalue weighted by Crippen LogP contribution is -2.35. The molecule has 0 saturated carbocycles. The standard InChI is InChI=1S/C11H18N4O4/c1-7-9(10(12)18)11(14(2)13-7)15(4-5-19-3)6-8(16)17/h4-6H2,1-3H3,(H2,12,18)(H,16,17). The summed E-state index contributed by atoms with van der Waals surface area (Å²) < 4.78 is 6.39. The topological polar surface area (TPSA) is 111 Å². The van der Waals surface area contributed by atoms with E-state index >= 15 is 0 Å². The van der Waals surface area contributed by atoms with Crippen LogP contribution >= 0.6 is 0 Å². The predicted octanol–water partition coefficient (Wildman–Crippen LogP) is -0.635. The molecule has 0 bridgehead atoms. The van der Waals surface area contributed by atoms with E-state index in [0.29, 0.717) is 24.7 Å². The summed E-state index contributed by atoms with van der Waals surface area (Å²) in [5.41, 5.74) is 6.03. The first kappa shape index (κ1) is 15.0. The van der Waals surface area contributed by atoms with Crippen LogP contribution in [0.2, 0.25) is 0 Å². The molecule has 0 unspecified atom stereocenters. The van der Waals surface area contributed by atoms with Crippen LogP contribution in [0.15, 0.2) is 0 Å². The van der Waals surface area contributed by atoms with E-state index in [1.165, 1.54) is 16.7 Å². The Morgan fingerprint density at radius 1 is 1.53 bits per heavy atom. The van der Waals surface area contributed by atoms with E-state index in [-0.39, 0.29) is 12.1 Å². The number of ether oxygens (including phenoxy) is 1. The van der Waals surface area contributed by atoms with Crippen LogP contribution in [0.5, 0.6) is 0 Å². The number of nitrogens with zero attached hydrogens (tertiary/aromatic N) is 3. The number of aromatic nitrogens is 2. The Balaban J connectivity index is 3.20. The molecule has 0 spiro atoms. The number of aryl methyl sites for hydroxylation is 2. The number of aliphatic carboxylic acids is 1. The monoisotopic (exact) mass is 270 g/mol. The van der Waals surface area contributed by atoms with E-state index in [1.807, 2.05) is 0 Å². The highest BCUT2D eigenvalue weighted by molar-refractivity contribution is 5.99. The number of hydrogen-bond acceptors (Lipinski definition) is 5. The Morgan fingerprint density at radius 3 is 2.63 bits per heavy atom. The second-order valence-corrected chi connectivity index (χ2v) is 4.08.